The molecular weight excluding hydrogens is 544 g/mol. The second-order valence-corrected chi connectivity index (χ2v) is 13.8. The van der Waals surface area contributed by atoms with Crippen LogP contribution in [0.3, 0.4) is 0 Å². The number of rotatable bonds is 6. The van der Waals surface area contributed by atoms with Gasteiger partial charge in [0, 0.05) is 37.2 Å². The van der Waals surface area contributed by atoms with E-state index in [9.17, 15) is 10.2 Å². The Bertz CT molecular complexity index is 1520. The number of nitrogens with zero attached hydrogens (tertiary/aromatic N) is 4. The lowest BCUT2D eigenvalue weighted by Gasteiger charge is -2.30. The lowest BCUT2D eigenvalue weighted by molar-refractivity contribution is -0.270. The zero-order chi connectivity index (χ0) is 31.5. The van der Waals surface area contributed by atoms with E-state index in [-0.39, 0.29) is 34.4 Å². The first-order valence-electron chi connectivity index (χ1n) is 15.5. The van der Waals surface area contributed by atoms with E-state index in [1.54, 1.807) is 37.2 Å². The molecule has 0 spiro atoms. The maximum atomic E-state index is 13.6. The molecule has 2 aromatic carbocycles. The highest BCUT2D eigenvalue weighted by molar-refractivity contribution is 5.88. The van der Waals surface area contributed by atoms with Crippen molar-refractivity contribution >= 4 is 12.4 Å². The van der Waals surface area contributed by atoms with E-state index in [0.717, 1.165) is 59.1 Å². The molecule has 6 heteroatoms. The van der Waals surface area contributed by atoms with E-state index in [1.807, 2.05) is 48.5 Å². The minimum atomic E-state index is -0.312. The van der Waals surface area contributed by atoms with Crippen molar-refractivity contribution in [2.45, 2.75) is 90.1 Å². The van der Waals surface area contributed by atoms with E-state index in [4.69, 9.17) is 9.98 Å². The van der Waals surface area contributed by atoms with E-state index in [1.165, 1.54) is 0 Å². The van der Waals surface area contributed by atoms with Crippen LogP contribution in [0.1, 0.15) is 89.5 Å². The summed E-state index contributed by atoms with van der Waals surface area (Å²) >= 11 is 0. The Morgan fingerprint density at radius 3 is 1.30 bits per heavy atom. The largest absolute Gasteiger partial charge is 0.872 e. The van der Waals surface area contributed by atoms with Crippen LogP contribution in [0.5, 0.6) is 11.5 Å². The van der Waals surface area contributed by atoms with Gasteiger partial charge in [0.15, 0.2) is 0 Å². The van der Waals surface area contributed by atoms with Gasteiger partial charge in [-0.2, -0.15) is 0 Å². The Balaban J connectivity index is 1.48. The van der Waals surface area contributed by atoms with Gasteiger partial charge >= 0.3 is 0 Å². The van der Waals surface area contributed by atoms with Crippen molar-refractivity contribution < 1.29 is 10.2 Å². The molecule has 0 radical (unpaired) electrons. The van der Waals surface area contributed by atoms with Gasteiger partial charge in [0.2, 0.25) is 0 Å². The first kappa shape index (κ1) is 31.1. The predicted molar refractivity (Wildman–Crippen MR) is 177 cm³/mol. The molecule has 0 saturated heterocycles. The molecule has 5 rings (SSSR count). The third-order valence-electron chi connectivity index (χ3n) is 8.38. The Morgan fingerprint density at radius 2 is 0.955 bits per heavy atom. The SMILES string of the molecule is CC(C)(C)c1cc(-c2ccncc2)cc(C=N[C@@H]2CCCC[C@H]2N=Cc2cc(-c3ccncc3)cc(C(C)(C)C)c2[O-])c1[O-]. The molecule has 44 heavy (non-hydrogen) atoms. The molecular formula is C38H42N4O2-2. The topological polar surface area (TPSA) is 96.6 Å². The summed E-state index contributed by atoms with van der Waals surface area (Å²) in [6, 6.07) is 15.5. The van der Waals surface area contributed by atoms with Gasteiger partial charge in [0.05, 0.1) is 12.1 Å². The summed E-state index contributed by atoms with van der Waals surface area (Å²) in [4.78, 5) is 18.2. The molecule has 0 aliphatic heterocycles. The molecule has 0 unspecified atom stereocenters. The molecule has 0 N–H and O–H groups in total. The van der Waals surface area contributed by atoms with Crippen LogP contribution in [0.2, 0.25) is 0 Å². The van der Waals surface area contributed by atoms with E-state index >= 15 is 0 Å². The molecule has 4 aromatic rings. The average Bonchev–Trinajstić information content (AvgIpc) is 3.00. The number of aliphatic imine (C=N–C) groups is 2. The average molecular weight is 587 g/mol. The Kier molecular flexibility index (Phi) is 9.00. The second-order valence-electron chi connectivity index (χ2n) is 13.8. The fourth-order valence-corrected chi connectivity index (χ4v) is 5.82. The molecule has 1 aliphatic carbocycles. The highest BCUT2D eigenvalue weighted by Crippen LogP contribution is 2.37. The van der Waals surface area contributed by atoms with Crippen molar-refractivity contribution in [3.8, 4) is 33.8 Å². The number of aromatic nitrogens is 2. The first-order chi connectivity index (χ1) is 20.9. The molecule has 228 valence electrons. The Labute approximate surface area is 261 Å². The van der Waals surface area contributed by atoms with Crippen LogP contribution in [0.15, 0.2) is 83.3 Å². The fourth-order valence-electron chi connectivity index (χ4n) is 5.82. The minimum absolute atomic E-state index is 0.00792. The molecule has 2 aromatic heterocycles. The highest BCUT2D eigenvalue weighted by atomic mass is 16.3. The molecule has 0 bridgehead atoms. The van der Waals surface area contributed by atoms with Crippen molar-refractivity contribution in [2.24, 2.45) is 9.98 Å². The lowest BCUT2D eigenvalue weighted by Crippen LogP contribution is -2.27. The minimum Gasteiger partial charge on any atom is -0.872 e. The lowest BCUT2D eigenvalue weighted by atomic mass is 9.83. The van der Waals surface area contributed by atoms with E-state index in [2.05, 4.69) is 51.5 Å². The summed E-state index contributed by atoms with van der Waals surface area (Å²) in [6.07, 6.45) is 14.4. The summed E-state index contributed by atoms with van der Waals surface area (Å²) < 4.78 is 0. The number of pyridine rings is 2. The van der Waals surface area contributed by atoms with Gasteiger partial charge in [-0.3, -0.25) is 20.0 Å². The van der Waals surface area contributed by atoms with Gasteiger partial charge in [-0.05, 0) is 105 Å². The van der Waals surface area contributed by atoms with Crippen LogP contribution in [0.25, 0.3) is 22.3 Å². The number of hydrogen-bond acceptors (Lipinski definition) is 6. The van der Waals surface area contributed by atoms with Crippen LogP contribution in [0.4, 0.5) is 0 Å². The van der Waals surface area contributed by atoms with Gasteiger partial charge < -0.3 is 10.2 Å². The molecule has 1 saturated carbocycles. The van der Waals surface area contributed by atoms with Crippen molar-refractivity contribution in [3.05, 3.63) is 95.6 Å². The molecule has 6 nitrogen and oxygen atoms in total. The first-order valence-corrected chi connectivity index (χ1v) is 15.5. The van der Waals surface area contributed by atoms with E-state index in [0.29, 0.717) is 11.1 Å². The Hall–Kier alpha value is -4.32. The zero-order valence-electron chi connectivity index (χ0n) is 26.7. The van der Waals surface area contributed by atoms with Crippen molar-refractivity contribution in [1.82, 2.24) is 9.97 Å². The van der Waals surface area contributed by atoms with Gasteiger partial charge in [-0.15, -0.1) is 0 Å². The summed E-state index contributed by atoms with van der Waals surface area (Å²) in [5.74, 6) is 0.0158. The maximum absolute atomic E-state index is 13.6. The van der Waals surface area contributed by atoms with E-state index < -0.39 is 0 Å². The number of hydrogen-bond donors (Lipinski definition) is 0. The van der Waals surface area contributed by atoms with Gasteiger partial charge in [-0.1, -0.05) is 78.0 Å². The fraction of sp³-hybridized carbons (Fsp3) is 0.368. The van der Waals surface area contributed by atoms with Gasteiger partial charge in [0.25, 0.3) is 0 Å². The van der Waals surface area contributed by atoms with Crippen LogP contribution in [0, 0.1) is 0 Å². The smallest absolute Gasteiger partial charge is 0.0723 e. The number of benzene rings is 2. The van der Waals surface area contributed by atoms with Gasteiger partial charge in [-0.25, -0.2) is 0 Å². The highest BCUT2D eigenvalue weighted by Gasteiger charge is 2.24. The summed E-state index contributed by atoms with van der Waals surface area (Å²) in [7, 11) is 0. The van der Waals surface area contributed by atoms with Gasteiger partial charge in [0.1, 0.15) is 0 Å². The quantitative estimate of drug-likeness (QED) is 0.220. The maximum Gasteiger partial charge on any atom is 0.0723 e. The van der Waals surface area contributed by atoms with Crippen LogP contribution < -0.4 is 10.2 Å². The van der Waals surface area contributed by atoms with Crippen LogP contribution >= 0.6 is 0 Å². The molecule has 1 aliphatic rings. The third-order valence-corrected chi connectivity index (χ3v) is 8.38. The van der Waals surface area contributed by atoms with Crippen LogP contribution in [-0.4, -0.2) is 34.5 Å². The molecule has 2 heterocycles. The Morgan fingerprint density at radius 1 is 0.591 bits per heavy atom. The third kappa shape index (κ3) is 7.07. The summed E-state index contributed by atoms with van der Waals surface area (Å²) in [5.41, 5.74) is 6.04. The van der Waals surface area contributed by atoms with Crippen molar-refractivity contribution in [1.29, 1.82) is 0 Å². The molecule has 1 fully saturated rings. The monoisotopic (exact) mass is 586 g/mol. The van der Waals surface area contributed by atoms with Crippen molar-refractivity contribution in [2.75, 3.05) is 0 Å². The normalized spacial score (nSPS) is 17.9. The molecule has 0 amide bonds. The van der Waals surface area contributed by atoms with Crippen molar-refractivity contribution in [3.63, 3.8) is 0 Å². The molecule has 2 atom stereocenters. The summed E-state index contributed by atoms with van der Waals surface area (Å²) in [5, 5.41) is 27.2. The van der Waals surface area contributed by atoms with Crippen LogP contribution in [-0.2, 0) is 10.8 Å². The standard InChI is InChI=1S/C38H44N4O2/c1-37(2,3)31-21-27(25-11-15-39-16-12-25)19-29(35(31)43)23-41-33-9-7-8-10-34(33)42-24-30-20-28(26-13-17-40-18-14-26)22-32(36(30)44)38(4,5)6/h11-24,33-34,43-44H,7-10H2,1-6H3/p-2/t33-,34-/m1/s1. The summed E-state index contributed by atoms with van der Waals surface area (Å²) in [6.45, 7) is 12.4. The zero-order valence-corrected chi connectivity index (χ0v) is 26.7. The second kappa shape index (κ2) is 12.7. The predicted octanol–water partition coefficient (Wildman–Crippen LogP) is 7.40.